The smallest absolute Gasteiger partial charge is 0.311 e. The molecular formula is C20H30N6O5S2. The molecule has 1 aromatic carbocycles. The first-order valence-electron chi connectivity index (χ1n) is 9.97. The maximum Gasteiger partial charge on any atom is 0.311 e. The van der Waals surface area contributed by atoms with Gasteiger partial charge in [-0.15, -0.1) is 12.6 Å². The Morgan fingerprint density at radius 3 is 2.30 bits per heavy atom. The highest BCUT2D eigenvalue weighted by atomic mass is 32.2. The van der Waals surface area contributed by atoms with Crippen LogP contribution < -0.4 is 16.5 Å². The quantitative estimate of drug-likeness (QED) is 0.150. The molecule has 2 rings (SSSR count). The van der Waals surface area contributed by atoms with E-state index in [1.807, 2.05) is 0 Å². The number of nitrogens with zero attached hydrogens (tertiary/aromatic N) is 4. The molecule has 13 heteroatoms. The first-order valence-corrected chi connectivity index (χ1v) is 11.9. The summed E-state index contributed by atoms with van der Waals surface area (Å²) < 4.78 is 33.7. The lowest BCUT2D eigenvalue weighted by atomic mass is 10.1. The molecule has 1 amide bonds. The predicted octanol–water partition coefficient (Wildman–Crippen LogP) is 0.928. The van der Waals surface area contributed by atoms with E-state index < -0.39 is 21.8 Å². The van der Waals surface area contributed by atoms with Gasteiger partial charge >= 0.3 is 11.8 Å². The van der Waals surface area contributed by atoms with Crippen molar-refractivity contribution in [1.29, 1.82) is 0 Å². The van der Waals surface area contributed by atoms with Gasteiger partial charge in [0.05, 0.1) is 30.8 Å². The average Bonchev–Trinajstić information content (AvgIpc) is 3.59. The molecule has 0 bridgehead atoms. The molecule has 1 saturated carbocycles. The van der Waals surface area contributed by atoms with Gasteiger partial charge in [-0.3, -0.25) is 4.79 Å². The lowest BCUT2D eigenvalue weighted by Gasteiger charge is -2.24. The van der Waals surface area contributed by atoms with E-state index in [0.717, 1.165) is 12.8 Å². The summed E-state index contributed by atoms with van der Waals surface area (Å²) >= 11 is 4.02. The number of benzene rings is 1. The number of carbonyl (C=O) groups excluding carboxylic acids is 1. The SMILES string of the molecule is C=C(CN(C1CC1)S(=O)(=O)c1c(C)cc(OC)cc1C)/N=C(\ON)C(=O)N(C)C/C(S)=N/N. The molecule has 0 aliphatic heterocycles. The van der Waals surface area contributed by atoms with Crippen LogP contribution in [0.3, 0.4) is 0 Å². The van der Waals surface area contributed by atoms with Crippen LogP contribution >= 0.6 is 12.6 Å². The minimum absolute atomic E-state index is 0.00586. The number of carbonyl (C=O) groups is 1. The van der Waals surface area contributed by atoms with Gasteiger partial charge in [0.2, 0.25) is 10.0 Å². The summed E-state index contributed by atoms with van der Waals surface area (Å²) in [4.78, 5) is 22.6. The molecule has 0 unspecified atom stereocenters. The van der Waals surface area contributed by atoms with Crippen LogP contribution in [-0.2, 0) is 19.7 Å². The Morgan fingerprint density at radius 2 is 1.85 bits per heavy atom. The molecule has 1 fully saturated rings. The fraction of sp³-hybridized carbons (Fsp3) is 0.450. The standard InChI is InChI=1S/C20H30N6O5S2/c1-12-8-16(30-5)9-13(2)18(12)33(28,29)26(15-6-7-15)10-14(3)23-19(31-22)20(27)25(4)11-17(32)24-21/h8-9,15H,3,6-7,10-11,21-22H2,1-2,4-5H3,(H,24,32)/b23-19-. The number of sulfonamides is 1. The fourth-order valence-electron chi connectivity index (χ4n) is 3.30. The van der Waals surface area contributed by atoms with Crippen molar-refractivity contribution < 1.29 is 22.8 Å². The van der Waals surface area contributed by atoms with E-state index in [2.05, 4.69) is 34.1 Å². The Hall–Kier alpha value is -2.61. The molecule has 33 heavy (non-hydrogen) atoms. The minimum Gasteiger partial charge on any atom is -0.497 e. The Bertz CT molecular complexity index is 1060. The number of rotatable bonds is 9. The first-order chi connectivity index (χ1) is 15.5. The highest BCUT2D eigenvalue weighted by Gasteiger charge is 2.39. The number of hydrogen-bond donors (Lipinski definition) is 3. The van der Waals surface area contributed by atoms with Crippen molar-refractivity contribution in [2.45, 2.75) is 37.6 Å². The molecular weight excluding hydrogens is 468 g/mol. The van der Waals surface area contributed by atoms with E-state index >= 15 is 0 Å². The van der Waals surface area contributed by atoms with Crippen molar-refractivity contribution >= 4 is 39.5 Å². The highest BCUT2D eigenvalue weighted by Crippen LogP contribution is 2.36. The molecule has 1 aromatic rings. The summed E-state index contributed by atoms with van der Waals surface area (Å²) in [7, 11) is -0.897. The summed E-state index contributed by atoms with van der Waals surface area (Å²) in [6, 6.07) is 3.16. The molecule has 0 heterocycles. The normalized spacial score (nSPS) is 14.9. The van der Waals surface area contributed by atoms with E-state index in [1.165, 1.54) is 23.4 Å². The predicted molar refractivity (Wildman–Crippen MR) is 129 cm³/mol. The third-order valence-electron chi connectivity index (χ3n) is 4.96. The summed E-state index contributed by atoms with van der Waals surface area (Å²) in [5, 5.41) is 3.59. The minimum atomic E-state index is -3.88. The average molecular weight is 499 g/mol. The number of methoxy groups -OCH3 is 1. The molecule has 1 aliphatic rings. The van der Waals surface area contributed by atoms with Gasteiger partial charge in [0.15, 0.2) is 0 Å². The molecule has 11 nitrogen and oxygen atoms in total. The van der Waals surface area contributed by atoms with Crippen molar-refractivity contribution in [2.24, 2.45) is 21.8 Å². The van der Waals surface area contributed by atoms with Crippen molar-refractivity contribution in [2.75, 3.05) is 27.2 Å². The topological polar surface area (TPSA) is 153 Å². The van der Waals surface area contributed by atoms with E-state index in [4.69, 9.17) is 16.5 Å². The second kappa shape index (κ2) is 11.0. The fourth-order valence-corrected chi connectivity index (χ4v) is 5.60. The number of hydrazone groups is 1. The van der Waals surface area contributed by atoms with E-state index in [-0.39, 0.29) is 34.8 Å². The summed E-state index contributed by atoms with van der Waals surface area (Å²) in [6.45, 7) is 7.12. The van der Waals surface area contributed by atoms with Gasteiger partial charge in [-0.2, -0.15) is 15.3 Å². The zero-order chi connectivity index (χ0) is 24.9. The molecule has 1 aliphatic carbocycles. The lowest BCUT2D eigenvalue weighted by molar-refractivity contribution is -0.123. The summed E-state index contributed by atoms with van der Waals surface area (Å²) in [5.41, 5.74) is 1.23. The molecule has 0 saturated heterocycles. The summed E-state index contributed by atoms with van der Waals surface area (Å²) in [5.74, 6) is 9.81. The molecule has 0 atom stereocenters. The van der Waals surface area contributed by atoms with Gasteiger partial charge in [0.25, 0.3) is 0 Å². The third kappa shape index (κ3) is 6.47. The van der Waals surface area contributed by atoms with Crippen LogP contribution in [0.4, 0.5) is 0 Å². The number of aliphatic imine (C=N–C) groups is 1. The van der Waals surface area contributed by atoms with Gasteiger partial charge in [-0.05, 0) is 49.9 Å². The largest absolute Gasteiger partial charge is 0.497 e. The van der Waals surface area contributed by atoms with Crippen LogP contribution in [0.2, 0.25) is 0 Å². The van der Waals surface area contributed by atoms with Gasteiger partial charge < -0.3 is 20.3 Å². The molecule has 182 valence electrons. The molecule has 4 N–H and O–H groups in total. The number of ether oxygens (including phenoxy) is 1. The molecule has 0 aromatic heterocycles. The van der Waals surface area contributed by atoms with Crippen LogP contribution in [0.25, 0.3) is 0 Å². The van der Waals surface area contributed by atoms with Crippen LogP contribution in [0, 0.1) is 13.8 Å². The van der Waals surface area contributed by atoms with E-state index in [9.17, 15) is 13.2 Å². The van der Waals surface area contributed by atoms with Crippen LogP contribution in [0.1, 0.15) is 24.0 Å². The van der Waals surface area contributed by atoms with Crippen molar-refractivity contribution in [3.8, 4) is 5.75 Å². The Morgan fingerprint density at radius 1 is 1.27 bits per heavy atom. The maximum atomic E-state index is 13.6. The van der Waals surface area contributed by atoms with Crippen LogP contribution in [0.15, 0.2) is 39.4 Å². The lowest BCUT2D eigenvalue weighted by Crippen LogP contribution is -2.39. The van der Waals surface area contributed by atoms with Crippen LogP contribution in [0.5, 0.6) is 5.75 Å². The van der Waals surface area contributed by atoms with E-state index in [1.54, 1.807) is 26.0 Å². The second-order valence-corrected chi connectivity index (χ2v) is 10.0. The van der Waals surface area contributed by atoms with Crippen LogP contribution in [-0.4, -0.2) is 67.8 Å². The summed E-state index contributed by atoms with van der Waals surface area (Å²) in [6.07, 6.45) is 1.44. The second-order valence-electron chi connectivity index (χ2n) is 7.68. The number of likely N-dealkylation sites (N-methyl/N-ethyl adjacent to an activating group) is 1. The number of hydrogen-bond acceptors (Lipinski definition) is 9. The van der Waals surface area contributed by atoms with Crippen molar-refractivity contribution in [3.63, 3.8) is 0 Å². The van der Waals surface area contributed by atoms with Crippen molar-refractivity contribution in [1.82, 2.24) is 9.21 Å². The van der Waals surface area contributed by atoms with Gasteiger partial charge in [0.1, 0.15) is 10.8 Å². The third-order valence-corrected chi connectivity index (χ3v) is 7.42. The number of amides is 1. The van der Waals surface area contributed by atoms with Gasteiger partial charge in [-0.25, -0.2) is 13.4 Å². The molecule has 0 radical (unpaired) electrons. The van der Waals surface area contributed by atoms with Crippen molar-refractivity contribution in [3.05, 3.63) is 35.5 Å². The van der Waals surface area contributed by atoms with E-state index in [0.29, 0.717) is 16.9 Å². The first kappa shape index (κ1) is 26.6. The molecule has 0 spiro atoms. The monoisotopic (exact) mass is 498 g/mol. The number of thiol groups is 1. The Kier molecular flexibility index (Phi) is 8.89. The Labute approximate surface area is 199 Å². The highest BCUT2D eigenvalue weighted by molar-refractivity contribution is 7.97. The van der Waals surface area contributed by atoms with Gasteiger partial charge in [0, 0.05) is 13.1 Å². The zero-order valence-corrected chi connectivity index (χ0v) is 20.8. The number of aryl methyl sites for hydroxylation is 2. The Balaban J connectivity index is 2.31. The zero-order valence-electron chi connectivity index (χ0n) is 19.1. The van der Waals surface area contributed by atoms with Gasteiger partial charge in [-0.1, -0.05) is 6.58 Å². The number of nitrogens with two attached hydrogens (primary N) is 2. The maximum absolute atomic E-state index is 13.6.